The number of hydrogen-bond donors (Lipinski definition) is 2. The maximum Gasteiger partial charge on any atom is 0.328 e. The van der Waals surface area contributed by atoms with Crippen molar-refractivity contribution in [2.24, 2.45) is 0 Å². The van der Waals surface area contributed by atoms with Gasteiger partial charge in [0.25, 0.3) is 11.5 Å². The number of aryl methyl sites for hydroxylation is 1. The molecule has 9 heteroatoms. The first-order chi connectivity index (χ1) is 11.3. The summed E-state index contributed by atoms with van der Waals surface area (Å²) in [4.78, 5) is 43.5. The summed E-state index contributed by atoms with van der Waals surface area (Å²) in [6, 6.07) is 0.520. The summed E-state index contributed by atoms with van der Waals surface area (Å²) in [5.41, 5.74) is -2.16. The van der Waals surface area contributed by atoms with Crippen LogP contribution in [0.4, 0.5) is 0 Å². The van der Waals surface area contributed by atoms with Gasteiger partial charge in [-0.2, -0.15) is 0 Å². The molecule has 1 saturated heterocycles. The Morgan fingerprint density at radius 1 is 1.50 bits per heavy atom. The molecule has 2 N–H and O–H groups in total. The lowest BCUT2D eigenvalue weighted by molar-refractivity contribution is -0.0460. The Bertz CT molecular complexity index is 878. The van der Waals surface area contributed by atoms with E-state index in [-0.39, 0.29) is 24.6 Å². The van der Waals surface area contributed by atoms with Crippen molar-refractivity contribution in [2.75, 3.05) is 13.1 Å². The highest BCUT2D eigenvalue weighted by Crippen LogP contribution is 2.31. The summed E-state index contributed by atoms with van der Waals surface area (Å²) in [7, 11) is 0. The number of aromatic nitrogens is 3. The van der Waals surface area contributed by atoms with Gasteiger partial charge in [0.2, 0.25) is 0 Å². The Kier molecular flexibility index (Phi) is 3.88. The van der Waals surface area contributed by atoms with Crippen molar-refractivity contribution in [3.05, 3.63) is 50.9 Å². The Labute approximate surface area is 136 Å². The zero-order chi connectivity index (χ0) is 17.5. The van der Waals surface area contributed by atoms with E-state index in [1.54, 1.807) is 13.8 Å². The van der Waals surface area contributed by atoms with Gasteiger partial charge in [-0.05, 0) is 13.3 Å². The minimum atomic E-state index is -1.20. The normalized spacial score (nSPS) is 24.1. The van der Waals surface area contributed by atoms with Crippen molar-refractivity contribution in [2.45, 2.75) is 31.9 Å². The molecule has 1 fully saturated rings. The van der Waals surface area contributed by atoms with Crippen LogP contribution in [0.15, 0.2) is 32.5 Å². The second kappa shape index (κ2) is 5.75. The van der Waals surface area contributed by atoms with Gasteiger partial charge in [-0.1, -0.05) is 0 Å². The van der Waals surface area contributed by atoms with Crippen molar-refractivity contribution in [3.63, 3.8) is 0 Å². The molecule has 128 valence electrons. The summed E-state index contributed by atoms with van der Waals surface area (Å²) in [6.07, 6.45) is 2.89. The highest BCUT2D eigenvalue weighted by molar-refractivity contribution is 5.92. The van der Waals surface area contributed by atoms with Crippen LogP contribution in [0.3, 0.4) is 0 Å². The van der Waals surface area contributed by atoms with Gasteiger partial charge in [0.05, 0.1) is 11.6 Å². The number of rotatable bonds is 2. The predicted molar refractivity (Wildman–Crippen MR) is 82.7 cm³/mol. The first-order valence-corrected chi connectivity index (χ1v) is 7.53. The van der Waals surface area contributed by atoms with E-state index in [4.69, 9.17) is 4.42 Å². The van der Waals surface area contributed by atoms with E-state index in [0.29, 0.717) is 12.4 Å². The molecule has 3 heterocycles. The Balaban J connectivity index is 1.91. The standard InChI is InChI=1S/C15H18N4O5/c1-9-16-10(8-24-9)13(21)18-6-4-15(2,23)11(7-18)19-5-3-12(20)17-14(19)22/h3,5,8,11,23H,4,6-7H2,1-2H3,(H,17,20,22)/t11-,15-/m1/s1. The molecule has 0 unspecified atom stereocenters. The Hall–Kier alpha value is -2.68. The Morgan fingerprint density at radius 3 is 2.88 bits per heavy atom. The van der Waals surface area contributed by atoms with Gasteiger partial charge >= 0.3 is 5.69 Å². The van der Waals surface area contributed by atoms with E-state index in [1.165, 1.54) is 28.0 Å². The highest BCUT2D eigenvalue weighted by atomic mass is 16.3. The van der Waals surface area contributed by atoms with Gasteiger partial charge in [0.15, 0.2) is 11.6 Å². The number of aliphatic hydroxyl groups is 1. The summed E-state index contributed by atoms with van der Waals surface area (Å²) in [6.45, 7) is 3.69. The highest BCUT2D eigenvalue weighted by Gasteiger charge is 2.41. The van der Waals surface area contributed by atoms with Crippen molar-refractivity contribution in [3.8, 4) is 0 Å². The molecule has 0 aliphatic carbocycles. The maximum atomic E-state index is 12.5. The summed E-state index contributed by atoms with van der Waals surface area (Å²) in [5.74, 6) is 0.0561. The average molecular weight is 334 g/mol. The summed E-state index contributed by atoms with van der Waals surface area (Å²) in [5, 5.41) is 10.6. The number of oxazole rings is 1. The second-order valence-electron chi connectivity index (χ2n) is 6.14. The predicted octanol–water partition coefficient (Wildman–Crippen LogP) is -0.329. The number of H-pyrrole nitrogens is 1. The maximum absolute atomic E-state index is 12.5. The summed E-state index contributed by atoms with van der Waals surface area (Å²) < 4.78 is 6.30. The number of likely N-dealkylation sites (tertiary alicyclic amines) is 1. The first-order valence-electron chi connectivity index (χ1n) is 7.53. The van der Waals surface area contributed by atoms with E-state index >= 15 is 0 Å². The number of nitrogens with one attached hydrogen (secondary N) is 1. The largest absolute Gasteiger partial charge is 0.448 e. The van der Waals surface area contributed by atoms with Crippen LogP contribution in [0, 0.1) is 6.92 Å². The van der Waals surface area contributed by atoms with Crippen LogP contribution in [-0.2, 0) is 0 Å². The number of amides is 1. The molecule has 24 heavy (non-hydrogen) atoms. The molecule has 0 aromatic carbocycles. The van der Waals surface area contributed by atoms with Crippen LogP contribution in [-0.4, -0.2) is 49.1 Å². The number of nitrogens with zero attached hydrogens (tertiary/aromatic N) is 3. The average Bonchev–Trinajstić information content (AvgIpc) is 2.94. The fraction of sp³-hybridized carbons (Fsp3) is 0.467. The van der Waals surface area contributed by atoms with Gasteiger partial charge in [-0.3, -0.25) is 19.1 Å². The van der Waals surface area contributed by atoms with Gasteiger partial charge in [0.1, 0.15) is 6.26 Å². The van der Waals surface area contributed by atoms with Gasteiger partial charge < -0.3 is 14.4 Å². The minimum absolute atomic E-state index is 0.115. The molecule has 3 rings (SSSR count). The third-order valence-electron chi connectivity index (χ3n) is 4.31. The molecule has 0 saturated carbocycles. The monoisotopic (exact) mass is 334 g/mol. The number of aromatic amines is 1. The SMILES string of the molecule is Cc1nc(C(=O)N2CC[C@@](C)(O)[C@H](n3ccc(=O)[nH]c3=O)C2)co1. The van der Waals surface area contributed by atoms with E-state index in [1.807, 2.05) is 0 Å². The lowest BCUT2D eigenvalue weighted by atomic mass is 9.88. The van der Waals surface area contributed by atoms with Crippen LogP contribution in [0.1, 0.15) is 35.8 Å². The van der Waals surface area contributed by atoms with Crippen molar-refractivity contribution >= 4 is 5.91 Å². The lowest BCUT2D eigenvalue weighted by Crippen LogP contribution is -2.55. The number of carbonyl (C=O) groups excluding carboxylic acids is 1. The zero-order valence-corrected chi connectivity index (χ0v) is 13.4. The van der Waals surface area contributed by atoms with Gasteiger partial charge in [-0.25, -0.2) is 9.78 Å². The molecule has 2 atom stereocenters. The van der Waals surface area contributed by atoms with Crippen molar-refractivity contribution < 1.29 is 14.3 Å². The molecule has 0 spiro atoms. The molecule has 1 aliphatic heterocycles. The van der Waals surface area contributed by atoms with Crippen molar-refractivity contribution in [1.29, 1.82) is 0 Å². The third-order valence-corrected chi connectivity index (χ3v) is 4.31. The van der Waals surface area contributed by atoms with Crippen LogP contribution in [0.5, 0.6) is 0 Å². The minimum Gasteiger partial charge on any atom is -0.448 e. The fourth-order valence-electron chi connectivity index (χ4n) is 2.89. The van der Waals surface area contributed by atoms with Crippen LogP contribution in [0.2, 0.25) is 0 Å². The smallest absolute Gasteiger partial charge is 0.328 e. The number of carbonyl (C=O) groups is 1. The van der Waals surface area contributed by atoms with Crippen LogP contribution in [0.25, 0.3) is 0 Å². The molecule has 2 aromatic rings. The second-order valence-corrected chi connectivity index (χ2v) is 6.14. The Morgan fingerprint density at radius 2 is 2.25 bits per heavy atom. The molecular weight excluding hydrogens is 316 g/mol. The molecule has 0 bridgehead atoms. The zero-order valence-electron chi connectivity index (χ0n) is 13.4. The molecule has 1 aliphatic rings. The van der Waals surface area contributed by atoms with Crippen molar-refractivity contribution in [1.82, 2.24) is 19.4 Å². The fourth-order valence-corrected chi connectivity index (χ4v) is 2.89. The molecule has 0 radical (unpaired) electrons. The summed E-state index contributed by atoms with van der Waals surface area (Å²) >= 11 is 0. The van der Waals surface area contributed by atoms with Crippen LogP contribution < -0.4 is 11.2 Å². The van der Waals surface area contributed by atoms with Crippen LogP contribution >= 0.6 is 0 Å². The number of piperidine rings is 1. The number of hydrogen-bond acceptors (Lipinski definition) is 6. The van der Waals surface area contributed by atoms with E-state index in [9.17, 15) is 19.5 Å². The van der Waals surface area contributed by atoms with Gasteiger partial charge in [0, 0.05) is 32.3 Å². The molecule has 2 aromatic heterocycles. The first kappa shape index (κ1) is 16.2. The molecule has 9 nitrogen and oxygen atoms in total. The topological polar surface area (TPSA) is 121 Å². The van der Waals surface area contributed by atoms with E-state index in [0.717, 1.165) is 0 Å². The van der Waals surface area contributed by atoms with E-state index in [2.05, 4.69) is 9.97 Å². The molecule has 1 amide bonds. The molecular formula is C15H18N4O5. The van der Waals surface area contributed by atoms with E-state index < -0.39 is 22.9 Å². The quantitative estimate of drug-likeness (QED) is 0.776. The third kappa shape index (κ3) is 2.90. The lowest BCUT2D eigenvalue weighted by Gasteiger charge is -2.42. The van der Waals surface area contributed by atoms with Gasteiger partial charge in [-0.15, -0.1) is 0 Å².